The minimum absolute atomic E-state index is 0.0465. The van der Waals surface area contributed by atoms with E-state index in [1.54, 1.807) is 0 Å². The van der Waals surface area contributed by atoms with Gasteiger partial charge in [0.2, 0.25) is 10.0 Å². The van der Waals surface area contributed by atoms with Crippen molar-refractivity contribution in [2.24, 2.45) is 18.4 Å². The summed E-state index contributed by atoms with van der Waals surface area (Å²) in [6.45, 7) is 1.76. The molecule has 1 N–H and O–H groups in total. The number of likely N-dealkylation sites (tertiary alicyclic amines) is 1. The number of aryl methyl sites for hydroxylation is 1. The van der Waals surface area contributed by atoms with Crippen LogP contribution in [0.25, 0.3) is 11.0 Å². The summed E-state index contributed by atoms with van der Waals surface area (Å²) in [4.78, 5) is 18.8. The Kier molecular flexibility index (Phi) is 3.87. The zero-order chi connectivity index (χ0) is 18.7. The van der Waals surface area contributed by atoms with Crippen LogP contribution < -0.4 is 0 Å². The molecule has 0 bridgehead atoms. The number of sulfonamides is 1. The maximum Gasteiger partial charge on any atom is 0.312 e. The van der Waals surface area contributed by atoms with Gasteiger partial charge in [-0.05, 0) is 12.1 Å². The van der Waals surface area contributed by atoms with Crippen LogP contribution in [-0.4, -0.2) is 70.7 Å². The lowest BCUT2D eigenvalue weighted by Crippen LogP contribution is -2.41. The van der Waals surface area contributed by atoms with E-state index in [9.17, 15) is 18.3 Å². The van der Waals surface area contributed by atoms with Gasteiger partial charge in [-0.2, -0.15) is 0 Å². The van der Waals surface area contributed by atoms with Gasteiger partial charge in [0, 0.05) is 39.1 Å². The Morgan fingerprint density at radius 3 is 2.65 bits per heavy atom. The van der Waals surface area contributed by atoms with Crippen LogP contribution in [0, 0.1) is 11.3 Å². The molecular formula is C17H22N4O4S. The second-order valence-corrected chi connectivity index (χ2v) is 9.44. The number of imidazole rings is 1. The van der Waals surface area contributed by atoms with Gasteiger partial charge in [-0.3, -0.25) is 9.69 Å². The molecule has 2 atom stereocenters. The highest BCUT2D eigenvalue weighted by atomic mass is 32.2. The maximum atomic E-state index is 12.0. The number of nitrogens with zero attached hydrogens (tertiary/aromatic N) is 4. The summed E-state index contributed by atoms with van der Waals surface area (Å²) < 4.78 is 27.0. The topological polar surface area (TPSA) is 95.7 Å². The molecule has 26 heavy (non-hydrogen) atoms. The van der Waals surface area contributed by atoms with E-state index in [0.29, 0.717) is 19.6 Å². The van der Waals surface area contributed by atoms with Crippen molar-refractivity contribution in [2.75, 3.05) is 32.4 Å². The highest BCUT2D eigenvalue weighted by Crippen LogP contribution is 2.44. The highest BCUT2D eigenvalue weighted by Gasteiger charge is 2.59. The van der Waals surface area contributed by atoms with Crippen LogP contribution in [0.4, 0.5) is 0 Å². The third-order valence-electron chi connectivity index (χ3n) is 5.79. The van der Waals surface area contributed by atoms with Gasteiger partial charge in [0.25, 0.3) is 0 Å². The second kappa shape index (κ2) is 5.77. The molecule has 2 aliphatic rings. The van der Waals surface area contributed by atoms with Gasteiger partial charge in [-0.1, -0.05) is 12.1 Å². The molecule has 2 aromatic rings. The van der Waals surface area contributed by atoms with Crippen molar-refractivity contribution in [1.29, 1.82) is 0 Å². The van der Waals surface area contributed by atoms with Crippen molar-refractivity contribution < 1.29 is 18.3 Å². The number of hydrogen-bond donors (Lipinski definition) is 1. The molecule has 0 radical (unpaired) electrons. The Balaban J connectivity index is 1.58. The van der Waals surface area contributed by atoms with Crippen molar-refractivity contribution in [2.45, 2.75) is 6.54 Å². The molecule has 2 fully saturated rings. The van der Waals surface area contributed by atoms with Crippen LogP contribution >= 0.6 is 0 Å². The number of hydrogen-bond acceptors (Lipinski definition) is 5. The fraction of sp³-hybridized carbons (Fsp3) is 0.529. The lowest BCUT2D eigenvalue weighted by atomic mass is 9.81. The molecular weight excluding hydrogens is 356 g/mol. The molecule has 2 saturated heterocycles. The Bertz CT molecular complexity index is 986. The average Bonchev–Trinajstić information content (AvgIpc) is 3.17. The third-order valence-corrected chi connectivity index (χ3v) is 7.00. The summed E-state index contributed by atoms with van der Waals surface area (Å²) in [5, 5.41) is 9.84. The number of para-hydroxylation sites is 2. The summed E-state index contributed by atoms with van der Waals surface area (Å²) in [6, 6.07) is 7.87. The number of fused-ring (bicyclic) bond motifs is 2. The van der Waals surface area contributed by atoms with Crippen LogP contribution in [0.3, 0.4) is 0 Å². The first-order valence-electron chi connectivity index (χ1n) is 8.52. The lowest BCUT2D eigenvalue weighted by Gasteiger charge is -2.24. The van der Waals surface area contributed by atoms with Crippen LogP contribution in [0.2, 0.25) is 0 Å². The molecule has 1 aromatic carbocycles. The SMILES string of the molecule is Cn1c(CN2C[C@@H]3CN(S(C)(=O)=O)C[C@]3(C(=O)O)C2)nc2ccccc21. The van der Waals surface area contributed by atoms with Crippen molar-refractivity contribution >= 4 is 27.0 Å². The molecule has 0 amide bonds. The summed E-state index contributed by atoms with van der Waals surface area (Å²) in [5.41, 5.74) is 0.923. The highest BCUT2D eigenvalue weighted by molar-refractivity contribution is 7.88. The second-order valence-electron chi connectivity index (χ2n) is 7.46. The zero-order valence-electron chi connectivity index (χ0n) is 14.8. The van der Waals surface area contributed by atoms with E-state index in [1.807, 2.05) is 35.9 Å². The molecule has 140 valence electrons. The molecule has 0 saturated carbocycles. The molecule has 1 aromatic heterocycles. The predicted octanol–water partition coefficient (Wildman–Crippen LogP) is 0.351. The first-order valence-corrected chi connectivity index (χ1v) is 10.4. The fourth-order valence-electron chi connectivity index (χ4n) is 4.34. The predicted molar refractivity (Wildman–Crippen MR) is 96.0 cm³/mol. The van der Waals surface area contributed by atoms with E-state index in [4.69, 9.17) is 0 Å². The van der Waals surface area contributed by atoms with Gasteiger partial charge in [0.05, 0.1) is 29.2 Å². The van der Waals surface area contributed by atoms with Crippen LogP contribution in [0.5, 0.6) is 0 Å². The average molecular weight is 378 g/mol. The molecule has 4 rings (SSSR count). The number of carbonyl (C=O) groups is 1. The Morgan fingerprint density at radius 1 is 1.31 bits per heavy atom. The molecule has 0 spiro atoms. The molecule has 9 heteroatoms. The summed E-state index contributed by atoms with van der Waals surface area (Å²) in [6.07, 6.45) is 1.14. The first kappa shape index (κ1) is 17.4. The maximum absolute atomic E-state index is 12.0. The van der Waals surface area contributed by atoms with E-state index >= 15 is 0 Å². The van der Waals surface area contributed by atoms with E-state index < -0.39 is 21.4 Å². The Hall–Kier alpha value is -1.97. The van der Waals surface area contributed by atoms with Crippen molar-refractivity contribution in [3.05, 3.63) is 30.1 Å². The van der Waals surface area contributed by atoms with Crippen molar-refractivity contribution in [3.63, 3.8) is 0 Å². The molecule has 8 nitrogen and oxygen atoms in total. The first-order chi connectivity index (χ1) is 12.2. The van der Waals surface area contributed by atoms with Gasteiger partial charge >= 0.3 is 5.97 Å². The monoisotopic (exact) mass is 378 g/mol. The number of rotatable bonds is 4. The number of carboxylic acid groups (broad SMARTS) is 1. The van der Waals surface area contributed by atoms with Gasteiger partial charge < -0.3 is 9.67 Å². The van der Waals surface area contributed by atoms with Gasteiger partial charge in [0.1, 0.15) is 5.82 Å². The minimum Gasteiger partial charge on any atom is -0.481 e. The van der Waals surface area contributed by atoms with Crippen LogP contribution in [-0.2, 0) is 28.4 Å². The summed E-state index contributed by atoms with van der Waals surface area (Å²) in [5.74, 6) is -0.239. The summed E-state index contributed by atoms with van der Waals surface area (Å²) in [7, 11) is -1.42. The van der Waals surface area contributed by atoms with Crippen LogP contribution in [0.1, 0.15) is 5.82 Å². The third kappa shape index (κ3) is 2.62. The van der Waals surface area contributed by atoms with Gasteiger partial charge in [-0.25, -0.2) is 17.7 Å². The van der Waals surface area contributed by atoms with Gasteiger partial charge in [-0.15, -0.1) is 0 Å². The Labute approximate surface area is 152 Å². The smallest absolute Gasteiger partial charge is 0.312 e. The quantitative estimate of drug-likeness (QED) is 0.825. The van der Waals surface area contributed by atoms with E-state index in [1.165, 1.54) is 4.31 Å². The van der Waals surface area contributed by atoms with Crippen LogP contribution in [0.15, 0.2) is 24.3 Å². The minimum atomic E-state index is -3.38. The van der Waals surface area contributed by atoms with E-state index in [2.05, 4.69) is 9.88 Å². The number of aliphatic carboxylic acids is 1. The number of benzene rings is 1. The largest absolute Gasteiger partial charge is 0.481 e. The van der Waals surface area contributed by atoms with E-state index in [-0.39, 0.29) is 19.0 Å². The zero-order valence-corrected chi connectivity index (χ0v) is 15.6. The standard InChI is InChI=1S/C17H22N4O4S/c1-19-14-6-4-3-5-13(14)18-15(19)9-20-7-12-8-21(26(2,24)25)11-17(12,10-20)16(22)23/h3-6,12H,7-11H2,1-2H3,(H,22,23)/t12-,17-/m1/s1. The normalized spacial score (nSPS) is 27.2. The number of aromatic nitrogens is 2. The van der Waals surface area contributed by atoms with Crippen molar-refractivity contribution in [1.82, 2.24) is 18.8 Å². The molecule has 2 aliphatic heterocycles. The summed E-state index contributed by atoms with van der Waals surface area (Å²) >= 11 is 0. The molecule has 3 heterocycles. The fourth-order valence-corrected chi connectivity index (χ4v) is 5.25. The molecule has 0 unspecified atom stereocenters. The van der Waals surface area contributed by atoms with Crippen molar-refractivity contribution in [3.8, 4) is 0 Å². The molecule has 0 aliphatic carbocycles. The van der Waals surface area contributed by atoms with E-state index in [0.717, 1.165) is 23.1 Å². The Morgan fingerprint density at radius 2 is 2.04 bits per heavy atom. The lowest BCUT2D eigenvalue weighted by molar-refractivity contribution is -0.148. The number of carboxylic acids is 1. The van der Waals surface area contributed by atoms with Gasteiger partial charge in [0.15, 0.2) is 0 Å².